The van der Waals surface area contributed by atoms with Gasteiger partial charge in [-0.05, 0) is 41.8 Å². The number of methoxy groups -OCH3 is 2. The van der Waals surface area contributed by atoms with E-state index in [9.17, 15) is 9.18 Å². The lowest BCUT2D eigenvalue weighted by Gasteiger charge is -2.15. The smallest absolute Gasteiger partial charge is 0.227 e. The molecule has 0 spiro atoms. The van der Waals surface area contributed by atoms with Crippen molar-refractivity contribution in [1.29, 1.82) is 0 Å². The molecule has 29 heavy (non-hydrogen) atoms. The van der Waals surface area contributed by atoms with Crippen LogP contribution in [-0.2, 0) is 11.3 Å². The average molecular weight is 393 g/mol. The molecule has 0 fully saturated rings. The van der Waals surface area contributed by atoms with Crippen molar-refractivity contribution >= 4 is 5.91 Å². The number of carbonyl (C=O) groups is 1. The number of nitrogens with one attached hydrogen (secondary N) is 1. The monoisotopic (exact) mass is 393 g/mol. The Balaban J connectivity index is 1.70. The molecule has 1 atom stereocenters. The van der Waals surface area contributed by atoms with Crippen LogP contribution in [-0.4, -0.2) is 20.1 Å². The van der Waals surface area contributed by atoms with Crippen LogP contribution in [0.4, 0.5) is 4.39 Å². The van der Waals surface area contributed by atoms with Gasteiger partial charge in [0, 0.05) is 18.2 Å². The van der Waals surface area contributed by atoms with E-state index in [-0.39, 0.29) is 11.7 Å². The van der Waals surface area contributed by atoms with Crippen molar-refractivity contribution in [2.75, 3.05) is 14.2 Å². The quantitative estimate of drug-likeness (QED) is 0.619. The summed E-state index contributed by atoms with van der Waals surface area (Å²) < 4.78 is 25.1. The minimum atomic E-state index is -0.484. The van der Waals surface area contributed by atoms with Gasteiger partial charge in [-0.3, -0.25) is 4.79 Å². The van der Waals surface area contributed by atoms with Gasteiger partial charge >= 0.3 is 0 Å². The predicted octanol–water partition coefficient (Wildman–Crippen LogP) is 4.93. The van der Waals surface area contributed by atoms with Crippen molar-refractivity contribution < 1.29 is 18.7 Å². The molecule has 3 aromatic rings. The van der Waals surface area contributed by atoms with E-state index in [1.165, 1.54) is 6.07 Å². The fourth-order valence-electron chi connectivity index (χ4n) is 3.11. The Morgan fingerprint density at radius 2 is 1.62 bits per heavy atom. The van der Waals surface area contributed by atoms with Crippen LogP contribution in [0.15, 0.2) is 66.7 Å². The van der Waals surface area contributed by atoms with Gasteiger partial charge in [0.1, 0.15) is 17.3 Å². The largest absolute Gasteiger partial charge is 0.497 e. The number of halogens is 1. The van der Waals surface area contributed by atoms with Crippen LogP contribution in [0.3, 0.4) is 0 Å². The van der Waals surface area contributed by atoms with Crippen molar-refractivity contribution in [3.63, 3.8) is 0 Å². The molecule has 0 aliphatic rings. The number of benzene rings is 3. The highest BCUT2D eigenvalue weighted by Crippen LogP contribution is 2.27. The van der Waals surface area contributed by atoms with Crippen LogP contribution in [0.1, 0.15) is 24.0 Å². The molecule has 0 bridgehead atoms. The Bertz CT molecular complexity index is 966. The molecule has 0 unspecified atom stereocenters. The Morgan fingerprint density at radius 3 is 2.21 bits per heavy atom. The lowest BCUT2D eigenvalue weighted by atomic mass is 9.96. The molecule has 0 radical (unpaired) electrons. The lowest BCUT2D eigenvalue weighted by Crippen LogP contribution is -2.27. The molecule has 3 rings (SSSR count). The summed E-state index contributed by atoms with van der Waals surface area (Å²) in [6, 6.07) is 19.7. The molecule has 3 aromatic carbocycles. The summed E-state index contributed by atoms with van der Waals surface area (Å²) in [6.45, 7) is 2.08. The zero-order valence-electron chi connectivity index (χ0n) is 16.7. The second kappa shape index (κ2) is 9.24. The second-order valence-corrected chi connectivity index (χ2v) is 6.77. The van der Waals surface area contributed by atoms with Crippen LogP contribution >= 0.6 is 0 Å². The maximum Gasteiger partial charge on any atom is 0.227 e. The molecule has 4 nitrogen and oxygen atoms in total. The number of hydrogen-bond acceptors (Lipinski definition) is 3. The van der Waals surface area contributed by atoms with Gasteiger partial charge in [0.2, 0.25) is 5.91 Å². The number of hydrogen-bond donors (Lipinski definition) is 1. The van der Waals surface area contributed by atoms with E-state index >= 15 is 0 Å². The van der Waals surface area contributed by atoms with Crippen molar-refractivity contribution in [2.24, 2.45) is 0 Å². The van der Waals surface area contributed by atoms with Crippen LogP contribution in [0.2, 0.25) is 0 Å². The van der Waals surface area contributed by atoms with Gasteiger partial charge in [-0.2, -0.15) is 0 Å². The summed E-state index contributed by atoms with van der Waals surface area (Å²) in [5.41, 5.74) is 2.81. The molecule has 0 saturated heterocycles. The maximum absolute atomic E-state index is 14.6. The van der Waals surface area contributed by atoms with Gasteiger partial charge in [-0.25, -0.2) is 4.39 Å². The van der Waals surface area contributed by atoms with Crippen LogP contribution in [0.25, 0.3) is 11.1 Å². The summed E-state index contributed by atoms with van der Waals surface area (Å²) in [6.07, 6.45) is 0. The Morgan fingerprint density at radius 1 is 0.966 bits per heavy atom. The second-order valence-electron chi connectivity index (χ2n) is 6.77. The lowest BCUT2D eigenvalue weighted by molar-refractivity contribution is -0.122. The first kappa shape index (κ1) is 20.4. The van der Waals surface area contributed by atoms with Gasteiger partial charge in [0.05, 0.1) is 20.1 Å². The molecule has 150 valence electrons. The van der Waals surface area contributed by atoms with Crippen molar-refractivity contribution in [3.05, 3.63) is 83.7 Å². The zero-order chi connectivity index (χ0) is 20.8. The summed E-state index contributed by atoms with van der Waals surface area (Å²) in [5.74, 6) is 0.298. The number of amides is 1. The molecule has 0 aliphatic heterocycles. The van der Waals surface area contributed by atoms with Gasteiger partial charge in [-0.1, -0.05) is 42.5 Å². The molecular weight excluding hydrogens is 369 g/mol. The van der Waals surface area contributed by atoms with E-state index in [1.54, 1.807) is 39.3 Å². The number of carbonyl (C=O) groups excluding carboxylic acids is 1. The highest BCUT2D eigenvalue weighted by molar-refractivity contribution is 5.83. The molecule has 5 heteroatoms. The number of ether oxygens (including phenoxy) is 2. The first-order valence-corrected chi connectivity index (χ1v) is 9.36. The minimum Gasteiger partial charge on any atom is -0.497 e. The summed E-state index contributed by atoms with van der Waals surface area (Å²) >= 11 is 0. The minimum absolute atomic E-state index is 0.182. The standard InChI is InChI=1S/C24H24FNO3/c1-16(19-9-10-22(23(25)13-19)18-7-5-4-6-8-18)24(27)26-15-17-11-20(28-2)14-21(12-17)29-3/h4-14,16H,15H2,1-3H3,(H,26,27)/t16-/m1/s1. The van der Waals surface area contributed by atoms with Crippen LogP contribution < -0.4 is 14.8 Å². The van der Waals surface area contributed by atoms with Gasteiger partial charge in [0.25, 0.3) is 0 Å². The Hall–Kier alpha value is -3.34. The molecule has 0 aliphatic carbocycles. The van der Waals surface area contributed by atoms with Gasteiger partial charge in [-0.15, -0.1) is 0 Å². The summed E-state index contributed by atoms with van der Waals surface area (Å²) in [4.78, 5) is 12.6. The van der Waals surface area contributed by atoms with E-state index in [4.69, 9.17) is 9.47 Å². The third-order valence-electron chi connectivity index (χ3n) is 4.85. The zero-order valence-corrected chi connectivity index (χ0v) is 16.7. The third kappa shape index (κ3) is 4.93. The normalized spacial score (nSPS) is 11.6. The SMILES string of the molecule is COc1cc(CNC(=O)[C@H](C)c2ccc(-c3ccccc3)c(F)c2)cc(OC)c1. The fourth-order valence-corrected chi connectivity index (χ4v) is 3.11. The highest BCUT2D eigenvalue weighted by Gasteiger charge is 2.17. The highest BCUT2D eigenvalue weighted by atomic mass is 19.1. The molecule has 0 saturated carbocycles. The first-order valence-electron chi connectivity index (χ1n) is 9.36. The first-order chi connectivity index (χ1) is 14.0. The van der Waals surface area contributed by atoms with E-state index in [2.05, 4.69) is 5.32 Å². The van der Waals surface area contributed by atoms with Crippen LogP contribution in [0, 0.1) is 5.82 Å². The molecule has 1 N–H and O–H groups in total. The van der Waals surface area contributed by atoms with Crippen molar-refractivity contribution in [1.82, 2.24) is 5.32 Å². The molecular formula is C24H24FNO3. The number of rotatable bonds is 7. The summed E-state index contributed by atoms with van der Waals surface area (Å²) in [5, 5.41) is 2.89. The average Bonchev–Trinajstić information content (AvgIpc) is 2.77. The third-order valence-corrected chi connectivity index (χ3v) is 4.85. The van der Waals surface area contributed by atoms with E-state index < -0.39 is 5.92 Å². The Kier molecular flexibility index (Phi) is 6.50. The van der Waals surface area contributed by atoms with Crippen molar-refractivity contribution in [3.8, 4) is 22.6 Å². The molecule has 0 heterocycles. The van der Waals surface area contributed by atoms with Gasteiger partial charge < -0.3 is 14.8 Å². The molecule has 1 amide bonds. The van der Waals surface area contributed by atoms with Gasteiger partial charge in [0.15, 0.2) is 0 Å². The fraction of sp³-hybridized carbons (Fsp3) is 0.208. The predicted molar refractivity (Wildman–Crippen MR) is 112 cm³/mol. The van der Waals surface area contributed by atoms with E-state index in [0.717, 1.165) is 11.1 Å². The summed E-state index contributed by atoms with van der Waals surface area (Å²) in [7, 11) is 3.15. The van der Waals surface area contributed by atoms with E-state index in [0.29, 0.717) is 29.2 Å². The van der Waals surface area contributed by atoms with Crippen LogP contribution in [0.5, 0.6) is 11.5 Å². The topological polar surface area (TPSA) is 47.6 Å². The Labute approximate surface area is 170 Å². The van der Waals surface area contributed by atoms with E-state index in [1.807, 2.05) is 42.5 Å². The maximum atomic E-state index is 14.6. The van der Waals surface area contributed by atoms with Crippen molar-refractivity contribution in [2.45, 2.75) is 19.4 Å². The molecule has 0 aromatic heterocycles.